The molecule has 3 heterocycles. The lowest BCUT2D eigenvalue weighted by Gasteiger charge is -2.44. The smallest absolute Gasteiger partial charge is 0.222 e. The highest BCUT2D eigenvalue weighted by atomic mass is 35.5. The van der Waals surface area contributed by atoms with Crippen molar-refractivity contribution in [1.29, 1.82) is 0 Å². The van der Waals surface area contributed by atoms with Gasteiger partial charge in [-0.3, -0.25) is 4.79 Å². The van der Waals surface area contributed by atoms with Crippen molar-refractivity contribution in [3.63, 3.8) is 0 Å². The number of nitrogens with one attached hydrogen (secondary N) is 1. The molecule has 3 saturated heterocycles. The van der Waals surface area contributed by atoms with E-state index in [0.717, 1.165) is 45.6 Å². The molecular weight excluding hydrogens is 288 g/mol. The molecule has 3 rings (SSSR count). The summed E-state index contributed by atoms with van der Waals surface area (Å²) in [6.07, 6.45) is 9.27. The van der Waals surface area contributed by atoms with Crippen LogP contribution in [0, 0.1) is 5.41 Å². The average molecular weight is 317 g/mol. The Kier molecular flexibility index (Phi) is 6.33. The van der Waals surface area contributed by atoms with Gasteiger partial charge in [-0.15, -0.1) is 12.4 Å². The van der Waals surface area contributed by atoms with Crippen LogP contribution >= 0.6 is 12.4 Å². The molecule has 1 unspecified atom stereocenters. The molecule has 1 spiro atoms. The van der Waals surface area contributed by atoms with Gasteiger partial charge in [-0.1, -0.05) is 0 Å². The van der Waals surface area contributed by atoms with Crippen LogP contribution in [0.5, 0.6) is 0 Å². The predicted octanol–water partition coefficient (Wildman–Crippen LogP) is 2.36. The minimum absolute atomic E-state index is 0. The monoisotopic (exact) mass is 316 g/mol. The van der Waals surface area contributed by atoms with Crippen LogP contribution in [0.4, 0.5) is 0 Å². The number of rotatable bonds is 3. The van der Waals surface area contributed by atoms with Gasteiger partial charge in [0.1, 0.15) is 0 Å². The number of likely N-dealkylation sites (tertiary alicyclic amines) is 1. The Bertz CT molecular complexity index is 329. The lowest BCUT2D eigenvalue weighted by molar-refractivity contribution is -0.134. The van der Waals surface area contributed by atoms with Crippen molar-refractivity contribution in [3.05, 3.63) is 0 Å². The molecule has 0 saturated carbocycles. The van der Waals surface area contributed by atoms with Crippen LogP contribution in [0.15, 0.2) is 0 Å². The van der Waals surface area contributed by atoms with Gasteiger partial charge in [-0.2, -0.15) is 0 Å². The Morgan fingerprint density at radius 2 is 1.90 bits per heavy atom. The maximum Gasteiger partial charge on any atom is 0.222 e. The number of carbonyl (C=O) groups is 1. The number of ether oxygens (including phenoxy) is 1. The van der Waals surface area contributed by atoms with E-state index >= 15 is 0 Å². The summed E-state index contributed by atoms with van der Waals surface area (Å²) in [7, 11) is 0. The van der Waals surface area contributed by atoms with Crippen molar-refractivity contribution >= 4 is 18.3 Å². The standard InChI is InChI=1S/C16H28N2O2.ClH/c19-15(4-3-14-2-1-13-20-14)18-11-7-16(8-12-18)5-9-17-10-6-16;/h14,17H,1-13H2;1H. The van der Waals surface area contributed by atoms with E-state index in [4.69, 9.17) is 4.74 Å². The number of amides is 1. The third-order valence-electron chi connectivity index (χ3n) is 5.55. The average Bonchev–Trinajstić information content (AvgIpc) is 3.00. The second-order valence-corrected chi connectivity index (χ2v) is 6.80. The van der Waals surface area contributed by atoms with Crippen LogP contribution in [0.2, 0.25) is 0 Å². The molecule has 0 aromatic heterocycles. The maximum absolute atomic E-state index is 12.3. The van der Waals surface area contributed by atoms with Gasteiger partial charge in [-0.25, -0.2) is 0 Å². The first-order valence-corrected chi connectivity index (χ1v) is 8.38. The molecule has 1 amide bonds. The molecule has 122 valence electrons. The number of piperidine rings is 2. The molecule has 3 aliphatic heterocycles. The van der Waals surface area contributed by atoms with Crippen molar-refractivity contribution in [2.75, 3.05) is 32.8 Å². The van der Waals surface area contributed by atoms with Gasteiger partial charge in [0.25, 0.3) is 0 Å². The number of carbonyl (C=O) groups excluding carboxylic acids is 1. The van der Waals surface area contributed by atoms with Gasteiger partial charge in [0.15, 0.2) is 0 Å². The summed E-state index contributed by atoms with van der Waals surface area (Å²) < 4.78 is 5.60. The molecule has 5 heteroatoms. The zero-order chi connectivity index (χ0) is 13.8. The third kappa shape index (κ3) is 4.33. The molecule has 0 bridgehead atoms. The molecule has 1 atom stereocenters. The Morgan fingerprint density at radius 1 is 1.19 bits per heavy atom. The number of hydrogen-bond donors (Lipinski definition) is 1. The normalized spacial score (nSPS) is 28.4. The molecule has 0 radical (unpaired) electrons. The summed E-state index contributed by atoms with van der Waals surface area (Å²) in [5.41, 5.74) is 0.538. The van der Waals surface area contributed by atoms with Gasteiger partial charge in [0, 0.05) is 26.1 Å². The largest absolute Gasteiger partial charge is 0.378 e. The van der Waals surface area contributed by atoms with Crippen molar-refractivity contribution in [3.8, 4) is 0 Å². The second kappa shape index (κ2) is 7.80. The van der Waals surface area contributed by atoms with E-state index in [1.54, 1.807) is 0 Å². The van der Waals surface area contributed by atoms with Gasteiger partial charge >= 0.3 is 0 Å². The summed E-state index contributed by atoms with van der Waals surface area (Å²) in [5.74, 6) is 0.351. The van der Waals surface area contributed by atoms with E-state index in [-0.39, 0.29) is 12.4 Å². The van der Waals surface area contributed by atoms with E-state index < -0.39 is 0 Å². The maximum atomic E-state index is 12.3. The Morgan fingerprint density at radius 3 is 2.52 bits per heavy atom. The lowest BCUT2D eigenvalue weighted by atomic mass is 9.71. The van der Waals surface area contributed by atoms with Crippen LogP contribution in [-0.2, 0) is 9.53 Å². The van der Waals surface area contributed by atoms with Crippen molar-refractivity contribution < 1.29 is 9.53 Å². The van der Waals surface area contributed by atoms with E-state index in [2.05, 4.69) is 10.2 Å². The van der Waals surface area contributed by atoms with Crippen LogP contribution in [-0.4, -0.2) is 49.7 Å². The summed E-state index contributed by atoms with van der Waals surface area (Å²) >= 11 is 0. The third-order valence-corrected chi connectivity index (χ3v) is 5.55. The molecule has 0 aromatic rings. The van der Waals surface area contributed by atoms with Crippen LogP contribution in [0.3, 0.4) is 0 Å². The molecular formula is C16H29ClN2O2. The zero-order valence-corrected chi connectivity index (χ0v) is 13.8. The Labute approximate surface area is 134 Å². The molecule has 0 aromatic carbocycles. The Hall–Kier alpha value is -0.320. The molecule has 0 aliphatic carbocycles. The minimum Gasteiger partial charge on any atom is -0.378 e. The first-order valence-electron chi connectivity index (χ1n) is 8.38. The van der Waals surface area contributed by atoms with E-state index in [1.165, 1.54) is 32.1 Å². The quantitative estimate of drug-likeness (QED) is 0.869. The molecule has 4 nitrogen and oxygen atoms in total. The highest BCUT2D eigenvalue weighted by Crippen LogP contribution is 2.39. The van der Waals surface area contributed by atoms with Crippen LogP contribution in [0.25, 0.3) is 0 Å². The van der Waals surface area contributed by atoms with Crippen LogP contribution in [0.1, 0.15) is 51.4 Å². The van der Waals surface area contributed by atoms with E-state index in [1.807, 2.05) is 0 Å². The summed E-state index contributed by atoms with van der Waals surface area (Å²) in [5, 5.41) is 3.45. The summed E-state index contributed by atoms with van der Waals surface area (Å²) in [6.45, 7) is 5.16. The fourth-order valence-corrected chi connectivity index (χ4v) is 4.00. The molecule has 21 heavy (non-hydrogen) atoms. The lowest BCUT2D eigenvalue weighted by Crippen LogP contribution is -2.47. The fourth-order valence-electron chi connectivity index (χ4n) is 4.00. The Balaban J connectivity index is 0.00000161. The first-order chi connectivity index (χ1) is 9.77. The highest BCUT2D eigenvalue weighted by molar-refractivity contribution is 5.85. The van der Waals surface area contributed by atoms with Crippen LogP contribution < -0.4 is 5.32 Å². The molecule has 3 fully saturated rings. The number of hydrogen-bond acceptors (Lipinski definition) is 3. The molecule has 1 N–H and O–H groups in total. The van der Waals surface area contributed by atoms with Gasteiger partial charge in [0.2, 0.25) is 5.91 Å². The van der Waals surface area contributed by atoms with Crippen molar-refractivity contribution in [2.45, 2.75) is 57.5 Å². The minimum atomic E-state index is 0. The van der Waals surface area contributed by atoms with E-state index in [9.17, 15) is 4.79 Å². The van der Waals surface area contributed by atoms with Crippen molar-refractivity contribution in [1.82, 2.24) is 10.2 Å². The number of nitrogens with zero attached hydrogens (tertiary/aromatic N) is 1. The molecule has 3 aliphatic rings. The number of halogens is 1. The van der Waals surface area contributed by atoms with Crippen molar-refractivity contribution in [2.24, 2.45) is 5.41 Å². The SMILES string of the molecule is Cl.O=C(CCC1CCCO1)N1CCC2(CCNCC2)CC1. The van der Waals surface area contributed by atoms with E-state index in [0.29, 0.717) is 23.8 Å². The van der Waals surface area contributed by atoms with Gasteiger partial charge in [-0.05, 0) is 63.5 Å². The first kappa shape index (κ1) is 17.0. The fraction of sp³-hybridized carbons (Fsp3) is 0.938. The second-order valence-electron chi connectivity index (χ2n) is 6.80. The predicted molar refractivity (Wildman–Crippen MR) is 85.8 cm³/mol. The summed E-state index contributed by atoms with van der Waals surface area (Å²) in [6, 6.07) is 0. The van der Waals surface area contributed by atoms with Gasteiger partial charge < -0.3 is 15.0 Å². The topological polar surface area (TPSA) is 41.6 Å². The highest BCUT2D eigenvalue weighted by Gasteiger charge is 2.36. The summed E-state index contributed by atoms with van der Waals surface area (Å²) in [4.78, 5) is 14.4. The zero-order valence-electron chi connectivity index (χ0n) is 12.9. The van der Waals surface area contributed by atoms with Gasteiger partial charge in [0.05, 0.1) is 6.10 Å².